The van der Waals surface area contributed by atoms with Gasteiger partial charge in [0.1, 0.15) is 6.04 Å². The predicted molar refractivity (Wildman–Crippen MR) is 81.9 cm³/mol. The molecule has 1 saturated carbocycles. The highest BCUT2D eigenvalue weighted by molar-refractivity contribution is 5.84. The smallest absolute Gasteiger partial charge is 0.326 e. The van der Waals surface area contributed by atoms with Crippen molar-refractivity contribution in [2.45, 2.75) is 71.8 Å². The number of hydrogen-bond acceptors (Lipinski definition) is 2. The summed E-state index contributed by atoms with van der Waals surface area (Å²) in [5.41, 5.74) is -0.0942. The average Bonchev–Trinajstić information content (AvgIpc) is 2.83. The second kappa shape index (κ2) is 6.37. The molecule has 1 heterocycles. The summed E-state index contributed by atoms with van der Waals surface area (Å²) >= 11 is 0. The van der Waals surface area contributed by atoms with Gasteiger partial charge >= 0.3 is 5.97 Å². The molecule has 0 radical (unpaired) electrons. The molecule has 4 nitrogen and oxygen atoms in total. The molecule has 1 aliphatic heterocycles. The Morgan fingerprint density at radius 2 is 1.71 bits per heavy atom. The zero-order valence-electron chi connectivity index (χ0n) is 13.6. The highest BCUT2D eigenvalue weighted by Crippen LogP contribution is 2.38. The molecule has 0 spiro atoms. The topological polar surface area (TPSA) is 57.6 Å². The zero-order valence-corrected chi connectivity index (χ0v) is 13.6. The van der Waals surface area contributed by atoms with Crippen LogP contribution in [0.4, 0.5) is 0 Å². The maximum Gasteiger partial charge on any atom is 0.326 e. The SMILES string of the molecule is CC(C)(C)CC(=O)N1C[C@H](C2CCCCC2)C[C@H]1C(=O)O. The maximum absolute atomic E-state index is 12.5. The van der Waals surface area contributed by atoms with E-state index in [-0.39, 0.29) is 11.3 Å². The number of amides is 1. The minimum atomic E-state index is -0.837. The van der Waals surface area contributed by atoms with Crippen molar-refractivity contribution in [2.75, 3.05) is 6.54 Å². The Balaban J connectivity index is 2.04. The van der Waals surface area contributed by atoms with Crippen LogP contribution in [0.25, 0.3) is 0 Å². The predicted octanol–water partition coefficient (Wildman–Crippen LogP) is 3.30. The highest BCUT2D eigenvalue weighted by atomic mass is 16.4. The van der Waals surface area contributed by atoms with Crippen molar-refractivity contribution in [1.29, 1.82) is 0 Å². The minimum absolute atomic E-state index is 0.00760. The second-order valence-corrected chi connectivity index (χ2v) is 8.03. The number of carbonyl (C=O) groups is 2. The fraction of sp³-hybridized carbons (Fsp3) is 0.882. The first-order valence-corrected chi connectivity index (χ1v) is 8.30. The summed E-state index contributed by atoms with van der Waals surface area (Å²) in [4.78, 5) is 25.6. The monoisotopic (exact) mass is 295 g/mol. The van der Waals surface area contributed by atoms with E-state index in [4.69, 9.17) is 0 Å². The molecule has 21 heavy (non-hydrogen) atoms. The van der Waals surface area contributed by atoms with Gasteiger partial charge in [-0.2, -0.15) is 0 Å². The molecule has 1 N–H and O–H groups in total. The van der Waals surface area contributed by atoms with E-state index in [0.29, 0.717) is 31.2 Å². The van der Waals surface area contributed by atoms with Crippen LogP contribution in [0.3, 0.4) is 0 Å². The van der Waals surface area contributed by atoms with Crippen LogP contribution in [-0.2, 0) is 9.59 Å². The molecule has 0 bridgehead atoms. The van der Waals surface area contributed by atoms with Crippen molar-refractivity contribution in [3.05, 3.63) is 0 Å². The van der Waals surface area contributed by atoms with Crippen molar-refractivity contribution in [3.8, 4) is 0 Å². The number of carboxylic acid groups (broad SMARTS) is 1. The molecule has 2 aliphatic rings. The van der Waals surface area contributed by atoms with Crippen LogP contribution in [0.15, 0.2) is 0 Å². The fourth-order valence-corrected chi connectivity index (χ4v) is 3.88. The first-order valence-electron chi connectivity index (χ1n) is 8.30. The molecule has 0 aromatic heterocycles. The lowest BCUT2D eigenvalue weighted by molar-refractivity contribution is -0.148. The van der Waals surface area contributed by atoms with E-state index in [1.54, 1.807) is 4.90 Å². The van der Waals surface area contributed by atoms with E-state index < -0.39 is 12.0 Å². The number of likely N-dealkylation sites (tertiary alicyclic amines) is 1. The van der Waals surface area contributed by atoms with E-state index in [9.17, 15) is 14.7 Å². The third-order valence-corrected chi connectivity index (χ3v) is 4.94. The summed E-state index contributed by atoms with van der Waals surface area (Å²) < 4.78 is 0. The third kappa shape index (κ3) is 4.21. The lowest BCUT2D eigenvalue weighted by Gasteiger charge is -2.28. The molecular formula is C17H29NO3. The van der Waals surface area contributed by atoms with Crippen LogP contribution in [0.2, 0.25) is 0 Å². The van der Waals surface area contributed by atoms with Crippen LogP contribution in [0, 0.1) is 17.3 Å². The maximum atomic E-state index is 12.5. The molecule has 1 aliphatic carbocycles. The fourth-order valence-electron chi connectivity index (χ4n) is 3.88. The van der Waals surface area contributed by atoms with Crippen LogP contribution in [0.1, 0.15) is 65.7 Å². The molecule has 2 fully saturated rings. The highest BCUT2D eigenvalue weighted by Gasteiger charge is 2.42. The van der Waals surface area contributed by atoms with E-state index in [1.165, 1.54) is 32.1 Å². The Kier molecular flexibility index (Phi) is 4.95. The molecule has 0 aromatic carbocycles. The van der Waals surface area contributed by atoms with E-state index in [0.717, 1.165) is 0 Å². The van der Waals surface area contributed by atoms with E-state index in [2.05, 4.69) is 0 Å². The number of hydrogen-bond donors (Lipinski definition) is 1. The molecule has 1 saturated heterocycles. The number of carboxylic acids is 1. The lowest BCUT2D eigenvalue weighted by atomic mass is 9.79. The van der Waals surface area contributed by atoms with Gasteiger partial charge in [0.2, 0.25) is 5.91 Å². The van der Waals surface area contributed by atoms with E-state index >= 15 is 0 Å². The Labute approximate surface area is 127 Å². The quantitative estimate of drug-likeness (QED) is 0.869. The van der Waals surface area contributed by atoms with Crippen molar-refractivity contribution in [1.82, 2.24) is 4.90 Å². The summed E-state index contributed by atoms with van der Waals surface area (Å²) in [7, 11) is 0. The largest absolute Gasteiger partial charge is 0.480 e. The van der Waals surface area contributed by atoms with E-state index in [1.807, 2.05) is 20.8 Å². The Hall–Kier alpha value is -1.06. The van der Waals surface area contributed by atoms with Gasteiger partial charge in [0.25, 0.3) is 0 Å². The second-order valence-electron chi connectivity index (χ2n) is 8.03. The first-order chi connectivity index (χ1) is 9.78. The number of rotatable bonds is 3. The number of nitrogens with zero attached hydrogens (tertiary/aromatic N) is 1. The van der Waals surface area contributed by atoms with Gasteiger partial charge in [-0.15, -0.1) is 0 Å². The van der Waals surface area contributed by atoms with Gasteiger partial charge in [0.15, 0.2) is 0 Å². The molecule has 0 aromatic rings. The Morgan fingerprint density at radius 3 is 2.24 bits per heavy atom. The van der Waals surface area contributed by atoms with Crippen LogP contribution >= 0.6 is 0 Å². The molecule has 1 amide bonds. The molecule has 4 heteroatoms. The first kappa shape index (κ1) is 16.3. The molecular weight excluding hydrogens is 266 g/mol. The van der Waals surface area contributed by atoms with Crippen molar-refractivity contribution in [3.63, 3.8) is 0 Å². The van der Waals surface area contributed by atoms with Crippen molar-refractivity contribution in [2.24, 2.45) is 17.3 Å². The minimum Gasteiger partial charge on any atom is -0.480 e. The van der Waals surface area contributed by atoms with Gasteiger partial charge < -0.3 is 10.0 Å². The summed E-state index contributed by atoms with van der Waals surface area (Å²) in [5.74, 6) is 0.173. The number of carbonyl (C=O) groups excluding carboxylic acids is 1. The summed E-state index contributed by atoms with van der Waals surface area (Å²) in [5, 5.41) is 9.45. The van der Waals surface area contributed by atoms with Gasteiger partial charge in [-0.05, 0) is 23.7 Å². The van der Waals surface area contributed by atoms with Gasteiger partial charge in [0.05, 0.1) is 0 Å². The van der Waals surface area contributed by atoms with Gasteiger partial charge in [-0.3, -0.25) is 4.79 Å². The summed E-state index contributed by atoms with van der Waals surface area (Å²) in [6.07, 6.45) is 7.31. The van der Waals surface area contributed by atoms with Crippen LogP contribution < -0.4 is 0 Å². The molecule has 2 rings (SSSR count). The molecule has 0 unspecified atom stereocenters. The Bertz CT molecular complexity index is 393. The third-order valence-electron chi connectivity index (χ3n) is 4.94. The normalized spacial score (nSPS) is 27.9. The van der Waals surface area contributed by atoms with Gasteiger partial charge in [-0.25, -0.2) is 4.79 Å². The molecule has 120 valence electrons. The average molecular weight is 295 g/mol. The lowest BCUT2D eigenvalue weighted by Crippen LogP contribution is -2.41. The standard InChI is InChI=1S/C17H29NO3/c1-17(2,3)10-15(19)18-11-13(9-14(18)16(20)21)12-7-5-4-6-8-12/h12-14H,4-11H2,1-3H3,(H,20,21)/t13-,14+/m1/s1. The van der Waals surface area contributed by atoms with Crippen LogP contribution in [-0.4, -0.2) is 34.5 Å². The summed E-state index contributed by atoms with van der Waals surface area (Å²) in [6.45, 7) is 6.72. The molecule has 2 atom stereocenters. The number of aliphatic carboxylic acids is 1. The zero-order chi connectivity index (χ0) is 15.6. The van der Waals surface area contributed by atoms with Gasteiger partial charge in [0, 0.05) is 13.0 Å². The Morgan fingerprint density at radius 1 is 1.10 bits per heavy atom. The summed E-state index contributed by atoms with van der Waals surface area (Å²) in [6, 6.07) is -0.605. The van der Waals surface area contributed by atoms with Crippen molar-refractivity contribution < 1.29 is 14.7 Å². The van der Waals surface area contributed by atoms with Gasteiger partial charge in [-0.1, -0.05) is 52.9 Å². The van der Waals surface area contributed by atoms with Crippen molar-refractivity contribution >= 4 is 11.9 Å². The van der Waals surface area contributed by atoms with Crippen LogP contribution in [0.5, 0.6) is 0 Å².